The van der Waals surface area contributed by atoms with Gasteiger partial charge in [0.25, 0.3) is 0 Å². The number of nitrogens with zero attached hydrogens (tertiary/aromatic N) is 2. The van der Waals surface area contributed by atoms with Crippen LogP contribution >= 0.6 is 0 Å². The molecule has 0 fully saturated rings. The molecule has 0 N–H and O–H groups in total. The summed E-state index contributed by atoms with van der Waals surface area (Å²) in [5, 5.41) is 13.9. The van der Waals surface area contributed by atoms with E-state index in [-0.39, 0.29) is 0 Å². The molecule has 0 unspecified atom stereocenters. The van der Waals surface area contributed by atoms with Crippen LogP contribution in [0.1, 0.15) is 0 Å². The predicted molar refractivity (Wildman–Crippen MR) is 229 cm³/mol. The molecule has 2 nitrogen and oxygen atoms in total. The molecule has 250 valence electrons. The van der Waals surface area contributed by atoms with Crippen molar-refractivity contribution < 1.29 is 0 Å². The maximum atomic E-state index is 5.07. The lowest BCUT2D eigenvalue weighted by atomic mass is 9.87. The molecule has 54 heavy (non-hydrogen) atoms. The number of benzene rings is 9. The summed E-state index contributed by atoms with van der Waals surface area (Å²) < 4.78 is 0. The van der Waals surface area contributed by atoms with Gasteiger partial charge in [0.15, 0.2) is 5.82 Å². The lowest BCUT2D eigenvalue weighted by Gasteiger charge is -2.17. The van der Waals surface area contributed by atoms with Crippen LogP contribution in [0.15, 0.2) is 194 Å². The van der Waals surface area contributed by atoms with Crippen LogP contribution in [0.4, 0.5) is 0 Å². The highest BCUT2D eigenvalue weighted by Gasteiger charge is 2.16. The van der Waals surface area contributed by atoms with Gasteiger partial charge in [0.2, 0.25) is 0 Å². The molecular formula is C52H32N2. The Hall–Kier alpha value is -7.16. The molecule has 11 rings (SSSR count). The van der Waals surface area contributed by atoms with E-state index in [0.29, 0.717) is 0 Å². The summed E-state index contributed by atoms with van der Waals surface area (Å²) in [4.78, 5) is 10.0. The molecule has 0 aliphatic heterocycles. The molecule has 1 heterocycles. The van der Waals surface area contributed by atoms with E-state index in [9.17, 15) is 0 Å². The van der Waals surface area contributed by atoms with Crippen LogP contribution in [-0.2, 0) is 0 Å². The molecule has 0 saturated carbocycles. The maximum Gasteiger partial charge on any atom is 0.160 e. The summed E-state index contributed by atoms with van der Waals surface area (Å²) >= 11 is 0. The lowest BCUT2D eigenvalue weighted by molar-refractivity contribution is 1.23. The maximum absolute atomic E-state index is 5.07. The van der Waals surface area contributed by atoms with Crippen molar-refractivity contribution in [3.05, 3.63) is 194 Å². The SMILES string of the molecule is c1ccc(-c2nc(-c3ccc(-c4ccc(-c5cc6cccc7c8ccccc8c8ccccc8c8cccc5c8c67)cc4)cc3)nc3ccccc23)cc1. The number of rotatable bonds is 4. The lowest BCUT2D eigenvalue weighted by Crippen LogP contribution is -1.95. The second-order valence-corrected chi connectivity index (χ2v) is 14.1. The van der Waals surface area contributed by atoms with Crippen molar-refractivity contribution in [2.24, 2.45) is 0 Å². The minimum Gasteiger partial charge on any atom is -0.228 e. The Morgan fingerprint density at radius 1 is 0.278 bits per heavy atom. The molecule has 0 aliphatic rings. The van der Waals surface area contributed by atoms with Crippen molar-refractivity contribution in [2.45, 2.75) is 0 Å². The Kier molecular flexibility index (Phi) is 6.90. The predicted octanol–water partition coefficient (Wildman–Crippen LogP) is 14.1. The fourth-order valence-electron chi connectivity index (χ4n) is 8.52. The van der Waals surface area contributed by atoms with E-state index in [2.05, 4.69) is 176 Å². The smallest absolute Gasteiger partial charge is 0.160 e. The van der Waals surface area contributed by atoms with Gasteiger partial charge < -0.3 is 0 Å². The first-order valence-corrected chi connectivity index (χ1v) is 18.5. The van der Waals surface area contributed by atoms with Crippen molar-refractivity contribution in [3.8, 4) is 44.9 Å². The number of aromatic nitrogens is 2. The van der Waals surface area contributed by atoms with Gasteiger partial charge in [-0.05, 0) is 88.2 Å². The molecule has 0 radical (unpaired) electrons. The quantitative estimate of drug-likeness (QED) is 0.172. The number of hydrogen-bond donors (Lipinski definition) is 0. The van der Waals surface area contributed by atoms with Gasteiger partial charge in [-0.15, -0.1) is 0 Å². The monoisotopic (exact) mass is 684 g/mol. The van der Waals surface area contributed by atoms with Crippen LogP contribution in [0.3, 0.4) is 0 Å². The van der Waals surface area contributed by atoms with E-state index in [4.69, 9.17) is 9.97 Å². The topological polar surface area (TPSA) is 25.8 Å². The zero-order valence-corrected chi connectivity index (χ0v) is 29.4. The minimum absolute atomic E-state index is 0.728. The summed E-state index contributed by atoms with van der Waals surface area (Å²) in [7, 11) is 0. The Labute approximate surface area is 312 Å². The summed E-state index contributed by atoms with van der Waals surface area (Å²) in [6.45, 7) is 0. The van der Waals surface area contributed by atoms with Crippen LogP contribution in [-0.4, -0.2) is 9.97 Å². The number of hydrogen-bond acceptors (Lipinski definition) is 2. The highest BCUT2D eigenvalue weighted by atomic mass is 14.9. The van der Waals surface area contributed by atoms with Gasteiger partial charge in [-0.3, -0.25) is 0 Å². The van der Waals surface area contributed by atoms with Crippen LogP contribution in [0.25, 0.3) is 110 Å². The normalized spacial score (nSPS) is 11.7. The first-order valence-electron chi connectivity index (χ1n) is 18.5. The molecule has 0 atom stereocenters. The Bertz CT molecular complexity index is 3240. The van der Waals surface area contributed by atoms with E-state index >= 15 is 0 Å². The van der Waals surface area contributed by atoms with Gasteiger partial charge in [-0.2, -0.15) is 0 Å². The number of para-hydroxylation sites is 1. The van der Waals surface area contributed by atoms with Crippen molar-refractivity contribution in [2.75, 3.05) is 0 Å². The first kappa shape index (κ1) is 30.5. The van der Waals surface area contributed by atoms with Crippen LogP contribution in [0.5, 0.6) is 0 Å². The molecule has 0 spiro atoms. The van der Waals surface area contributed by atoms with Gasteiger partial charge in [0.1, 0.15) is 0 Å². The van der Waals surface area contributed by atoms with Crippen molar-refractivity contribution >= 4 is 64.8 Å². The van der Waals surface area contributed by atoms with Crippen molar-refractivity contribution in [1.29, 1.82) is 0 Å². The highest BCUT2D eigenvalue weighted by Crippen LogP contribution is 2.44. The molecule has 0 saturated heterocycles. The van der Waals surface area contributed by atoms with Gasteiger partial charge in [0.05, 0.1) is 11.2 Å². The molecular weight excluding hydrogens is 653 g/mol. The van der Waals surface area contributed by atoms with Crippen molar-refractivity contribution in [3.63, 3.8) is 0 Å². The van der Waals surface area contributed by atoms with Gasteiger partial charge >= 0.3 is 0 Å². The molecule has 2 heteroatoms. The van der Waals surface area contributed by atoms with Crippen molar-refractivity contribution in [1.82, 2.24) is 9.97 Å². The summed E-state index contributed by atoms with van der Waals surface area (Å²) in [5.74, 6) is 0.728. The van der Waals surface area contributed by atoms with Crippen LogP contribution < -0.4 is 0 Å². The van der Waals surface area contributed by atoms with Crippen LogP contribution in [0, 0.1) is 0 Å². The minimum atomic E-state index is 0.728. The largest absolute Gasteiger partial charge is 0.228 e. The van der Waals surface area contributed by atoms with E-state index in [1.165, 1.54) is 70.6 Å². The van der Waals surface area contributed by atoms with Gasteiger partial charge in [-0.1, -0.05) is 182 Å². The molecule has 10 aromatic carbocycles. The summed E-state index contributed by atoms with van der Waals surface area (Å²) in [5.41, 5.74) is 8.74. The van der Waals surface area contributed by atoms with E-state index in [0.717, 1.165) is 39.1 Å². The van der Waals surface area contributed by atoms with E-state index < -0.39 is 0 Å². The zero-order valence-electron chi connectivity index (χ0n) is 29.4. The number of fused-ring (bicyclic) bond motifs is 6. The van der Waals surface area contributed by atoms with Crippen LogP contribution in [0.2, 0.25) is 0 Å². The second-order valence-electron chi connectivity index (χ2n) is 14.1. The summed E-state index contributed by atoms with van der Waals surface area (Å²) in [6, 6.07) is 70.0. The third-order valence-electron chi connectivity index (χ3n) is 11.0. The van der Waals surface area contributed by atoms with Gasteiger partial charge in [0, 0.05) is 16.5 Å². The Morgan fingerprint density at radius 3 is 1.43 bits per heavy atom. The fourth-order valence-corrected chi connectivity index (χ4v) is 8.52. The zero-order chi connectivity index (χ0) is 35.6. The second kappa shape index (κ2) is 12.2. The summed E-state index contributed by atoms with van der Waals surface area (Å²) in [6.07, 6.45) is 0. The Morgan fingerprint density at radius 2 is 0.759 bits per heavy atom. The molecule has 0 bridgehead atoms. The highest BCUT2D eigenvalue weighted by molar-refractivity contribution is 6.34. The van der Waals surface area contributed by atoms with Gasteiger partial charge in [-0.25, -0.2) is 9.97 Å². The average molecular weight is 685 g/mol. The molecule has 0 amide bonds. The molecule has 11 aromatic rings. The Balaban J connectivity index is 1.02. The standard InChI is InChI=1S/C52H32N2/c1-2-12-36(13-3-1)51-46-19-8-9-23-48(46)53-52(54-51)37-30-26-34(27-31-37)33-24-28-35(29-25-33)47-32-38-14-10-20-43-41-17-6-4-15-39(41)40-16-5-7-18-42(40)44-21-11-22-45(47)50(44)49(38)43/h1-32H. The third kappa shape index (κ3) is 4.81. The average Bonchev–Trinajstić information content (AvgIpc) is 3.25. The molecule has 0 aliphatic carbocycles. The molecule has 1 aromatic heterocycles. The third-order valence-corrected chi connectivity index (χ3v) is 11.0. The fraction of sp³-hybridized carbons (Fsp3) is 0. The van der Waals surface area contributed by atoms with E-state index in [1.807, 2.05) is 18.2 Å². The van der Waals surface area contributed by atoms with E-state index in [1.54, 1.807) is 0 Å². The first-order chi connectivity index (χ1) is 26.8.